The van der Waals surface area contributed by atoms with Crippen LogP contribution in [0.3, 0.4) is 0 Å². The lowest BCUT2D eigenvalue weighted by Crippen LogP contribution is -2.53. The van der Waals surface area contributed by atoms with Crippen LogP contribution in [-0.4, -0.2) is 43.8 Å². The number of carbonyl (C=O) groups excluding carboxylic acids is 2. The molecular weight excluding hydrogens is 617 g/mol. The van der Waals surface area contributed by atoms with Gasteiger partial charge in [-0.15, -0.1) is 0 Å². The quantitative estimate of drug-likeness (QED) is 0.242. The number of sulfonamides is 1. The highest BCUT2D eigenvalue weighted by molar-refractivity contribution is 7.92. The van der Waals surface area contributed by atoms with Gasteiger partial charge in [0.1, 0.15) is 12.6 Å². The second-order valence-corrected chi connectivity index (χ2v) is 13.5. The third-order valence-electron chi connectivity index (χ3n) is 7.54. The lowest BCUT2D eigenvalue weighted by Gasteiger charge is -2.34. The van der Waals surface area contributed by atoms with E-state index in [-0.39, 0.29) is 29.1 Å². The highest BCUT2D eigenvalue weighted by Crippen LogP contribution is 2.32. The van der Waals surface area contributed by atoms with Crippen molar-refractivity contribution in [1.82, 2.24) is 10.2 Å². The van der Waals surface area contributed by atoms with Gasteiger partial charge in [-0.1, -0.05) is 84.9 Å². The van der Waals surface area contributed by atoms with Crippen LogP contribution in [0.15, 0.2) is 71.6 Å². The maximum Gasteiger partial charge on any atom is 0.264 e. The minimum atomic E-state index is -4.19. The first-order valence-electron chi connectivity index (χ1n) is 13.9. The van der Waals surface area contributed by atoms with Crippen LogP contribution in [0.25, 0.3) is 0 Å². The monoisotopic (exact) mass is 649 g/mol. The summed E-state index contributed by atoms with van der Waals surface area (Å²) in [5.74, 6) is -0.817. The van der Waals surface area contributed by atoms with E-state index in [1.54, 1.807) is 61.5 Å². The fraction of sp³-hybridized carbons (Fsp3) is 0.355. The minimum absolute atomic E-state index is 0.0271. The first-order valence-corrected chi connectivity index (χ1v) is 16.5. The van der Waals surface area contributed by atoms with Crippen LogP contribution >= 0.6 is 34.8 Å². The fourth-order valence-electron chi connectivity index (χ4n) is 5.22. The summed E-state index contributed by atoms with van der Waals surface area (Å²) in [7, 11) is -4.19. The van der Waals surface area contributed by atoms with Gasteiger partial charge in [0.05, 0.1) is 20.6 Å². The van der Waals surface area contributed by atoms with Gasteiger partial charge in [-0.2, -0.15) is 0 Å². The van der Waals surface area contributed by atoms with E-state index in [0.29, 0.717) is 32.6 Å². The molecule has 224 valence electrons. The molecule has 0 aromatic heterocycles. The number of hydrogen-bond donors (Lipinski definition) is 1. The van der Waals surface area contributed by atoms with Crippen molar-refractivity contribution in [2.45, 2.75) is 69.5 Å². The van der Waals surface area contributed by atoms with Crippen molar-refractivity contribution in [3.05, 3.63) is 92.9 Å². The molecule has 0 unspecified atom stereocenters. The lowest BCUT2D eigenvalue weighted by molar-refractivity contribution is -0.140. The molecule has 42 heavy (non-hydrogen) atoms. The first kappa shape index (κ1) is 32.1. The van der Waals surface area contributed by atoms with Crippen molar-refractivity contribution < 1.29 is 18.0 Å². The normalized spacial score (nSPS) is 14.4. The van der Waals surface area contributed by atoms with Gasteiger partial charge in [0.25, 0.3) is 10.0 Å². The summed E-state index contributed by atoms with van der Waals surface area (Å²) in [6.45, 7) is 3.01. The number of nitrogens with one attached hydrogen (secondary N) is 1. The highest BCUT2D eigenvalue weighted by Gasteiger charge is 2.35. The first-order chi connectivity index (χ1) is 20.0. The summed E-state index contributed by atoms with van der Waals surface area (Å²) in [5.41, 5.74) is 1.44. The lowest BCUT2D eigenvalue weighted by atomic mass is 10.1. The Balaban J connectivity index is 1.75. The topological polar surface area (TPSA) is 86.8 Å². The van der Waals surface area contributed by atoms with E-state index in [1.807, 2.05) is 6.92 Å². The highest BCUT2D eigenvalue weighted by atomic mass is 35.5. The molecule has 0 radical (unpaired) electrons. The van der Waals surface area contributed by atoms with Crippen molar-refractivity contribution >= 4 is 62.3 Å². The summed E-state index contributed by atoms with van der Waals surface area (Å²) < 4.78 is 29.1. The van der Waals surface area contributed by atoms with Crippen LogP contribution in [0.5, 0.6) is 0 Å². The van der Waals surface area contributed by atoms with Crippen molar-refractivity contribution in [3.63, 3.8) is 0 Å². The molecule has 1 aliphatic rings. The van der Waals surface area contributed by atoms with Crippen molar-refractivity contribution in [2.75, 3.05) is 10.8 Å². The fourth-order valence-corrected chi connectivity index (χ4v) is 7.20. The molecule has 0 saturated heterocycles. The zero-order valence-corrected chi connectivity index (χ0v) is 26.6. The molecule has 1 aliphatic carbocycles. The number of amides is 2. The maximum absolute atomic E-state index is 14.2. The average molecular weight is 651 g/mol. The summed E-state index contributed by atoms with van der Waals surface area (Å²) >= 11 is 18.8. The molecular formula is C31H34Cl3N3O4S. The van der Waals surface area contributed by atoms with Gasteiger partial charge >= 0.3 is 0 Å². The Morgan fingerprint density at radius 2 is 1.62 bits per heavy atom. The Bertz CT molecular complexity index is 1530. The van der Waals surface area contributed by atoms with E-state index in [0.717, 1.165) is 30.0 Å². The number of anilines is 1. The van der Waals surface area contributed by atoms with Gasteiger partial charge in [-0.25, -0.2) is 8.42 Å². The second-order valence-electron chi connectivity index (χ2n) is 10.4. The van der Waals surface area contributed by atoms with Gasteiger partial charge in [0.2, 0.25) is 11.8 Å². The van der Waals surface area contributed by atoms with Crippen molar-refractivity contribution in [1.29, 1.82) is 0 Å². The molecule has 11 heteroatoms. The molecule has 1 atom stereocenters. The van der Waals surface area contributed by atoms with Gasteiger partial charge in [0, 0.05) is 17.6 Å². The number of benzene rings is 3. The molecule has 3 aromatic rings. The molecule has 2 amide bonds. The van der Waals surface area contributed by atoms with Crippen LogP contribution in [0.4, 0.5) is 5.69 Å². The summed E-state index contributed by atoms with van der Waals surface area (Å²) in [6, 6.07) is 17.0. The minimum Gasteiger partial charge on any atom is -0.352 e. The SMILES string of the molecule is CC[C@@H](C(=O)NC1CCCC1)N(Cc1ccc(Cl)c(Cl)c1)C(=O)CN(c1cccc(Cl)c1C)S(=O)(=O)c1ccccc1. The molecule has 0 aliphatic heterocycles. The predicted molar refractivity (Wildman–Crippen MR) is 169 cm³/mol. The van der Waals surface area contributed by atoms with Crippen molar-refractivity contribution in [2.24, 2.45) is 0 Å². The zero-order valence-electron chi connectivity index (χ0n) is 23.5. The number of rotatable bonds is 11. The molecule has 7 nitrogen and oxygen atoms in total. The van der Waals surface area contributed by atoms with E-state index < -0.39 is 28.5 Å². The predicted octanol–water partition coefficient (Wildman–Crippen LogP) is 7.02. The van der Waals surface area contributed by atoms with Crippen LogP contribution < -0.4 is 9.62 Å². The van der Waals surface area contributed by atoms with Crippen molar-refractivity contribution in [3.8, 4) is 0 Å². The van der Waals surface area contributed by atoms with Crippen LogP contribution in [0, 0.1) is 6.92 Å². The summed E-state index contributed by atoms with van der Waals surface area (Å²) in [5, 5.41) is 4.14. The third-order valence-corrected chi connectivity index (χ3v) is 10.5. The standard InChI is InChI=1S/C31H34Cl3N3O4S/c1-3-28(31(39)35-23-10-7-8-11-23)36(19-22-16-17-26(33)27(34)18-22)30(38)20-37(29-15-9-14-25(32)21(29)2)42(40,41)24-12-5-4-6-13-24/h4-6,9,12-18,23,28H,3,7-8,10-11,19-20H2,1-2H3,(H,35,39)/t28-/m0/s1. The number of hydrogen-bond acceptors (Lipinski definition) is 4. The van der Waals surface area contributed by atoms with E-state index in [2.05, 4.69) is 5.32 Å². The number of halogens is 3. The van der Waals surface area contributed by atoms with Gasteiger partial charge in [0.15, 0.2) is 0 Å². The zero-order chi connectivity index (χ0) is 30.4. The van der Waals surface area contributed by atoms with E-state index in [1.165, 1.54) is 17.0 Å². The molecule has 0 heterocycles. The van der Waals surface area contributed by atoms with Gasteiger partial charge in [-0.3, -0.25) is 13.9 Å². The molecule has 4 rings (SSSR count). The molecule has 1 N–H and O–H groups in total. The Labute approximate surface area is 262 Å². The molecule has 3 aromatic carbocycles. The molecule has 0 spiro atoms. The Morgan fingerprint density at radius 3 is 2.26 bits per heavy atom. The summed E-state index contributed by atoms with van der Waals surface area (Å²) in [6.07, 6.45) is 4.19. The molecule has 1 saturated carbocycles. The largest absolute Gasteiger partial charge is 0.352 e. The van der Waals surface area contributed by atoms with Crippen LogP contribution in [-0.2, 0) is 26.2 Å². The van der Waals surface area contributed by atoms with Crippen LogP contribution in [0.2, 0.25) is 15.1 Å². The van der Waals surface area contributed by atoms with Gasteiger partial charge in [-0.05, 0) is 73.7 Å². The Hall–Kier alpha value is -2.78. The van der Waals surface area contributed by atoms with E-state index in [4.69, 9.17) is 34.8 Å². The summed E-state index contributed by atoms with van der Waals surface area (Å²) in [4.78, 5) is 29.3. The maximum atomic E-state index is 14.2. The van der Waals surface area contributed by atoms with E-state index >= 15 is 0 Å². The smallest absolute Gasteiger partial charge is 0.264 e. The molecule has 0 bridgehead atoms. The molecule has 1 fully saturated rings. The van der Waals surface area contributed by atoms with Crippen LogP contribution in [0.1, 0.15) is 50.2 Å². The third kappa shape index (κ3) is 7.40. The van der Waals surface area contributed by atoms with E-state index in [9.17, 15) is 18.0 Å². The van der Waals surface area contributed by atoms with Gasteiger partial charge < -0.3 is 10.2 Å². The number of nitrogens with zero attached hydrogens (tertiary/aromatic N) is 2. The average Bonchev–Trinajstić information content (AvgIpc) is 3.48. The Kier molecular flexibility index (Phi) is 10.8. The second kappa shape index (κ2) is 14.1. The number of carbonyl (C=O) groups is 2. The Morgan fingerprint density at radius 1 is 0.929 bits per heavy atom.